The zero-order valence-electron chi connectivity index (χ0n) is 19.7. The molecular weight excluding hydrogens is 404 g/mol. The summed E-state index contributed by atoms with van der Waals surface area (Å²) in [5.41, 5.74) is 1.70. The molecule has 0 saturated carbocycles. The Kier molecular flexibility index (Phi) is 7.77. The molecule has 1 aromatic heterocycles. The van der Waals surface area contributed by atoms with Gasteiger partial charge in [-0.05, 0) is 58.4 Å². The highest BCUT2D eigenvalue weighted by Crippen LogP contribution is 2.31. The second-order valence-corrected chi connectivity index (χ2v) is 8.48. The Morgan fingerprint density at radius 2 is 1.56 bits per heavy atom. The van der Waals surface area contributed by atoms with Gasteiger partial charge >= 0.3 is 12.0 Å². The Bertz CT molecular complexity index is 1060. The number of hydrogen-bond acceptors (Lipinski definition) is 7. The van der Waals surface area contributed by atoms with Gasteiger partial charge in [-0.25, -0.2) is 9.78 Å². The van der Waals surface area contributed by atoms with Crippen molar-refractivity contribution in [1.82, 2.24) is 19.8 Å². The van der Waals surface area contributed by atoms with E-state index in [0.717, 1.165) is 16.3 Å². The Hall–Kier alpha value is -3.03. The molecule has 32 heavy (non-hydrogen) atoms. The van der Waals surface area contributed by atoms with E-state index in [2.05, 4.69) is 9.97 Å². The van der Waals surface area contributed by atoms with Crippen molar-refractivity contribution in [3.8, 4) is 17.1 Å². The fraction of sp³-hybridized carbons (Fsp3) is 0.400. The van der Waals surface area contributed by atoms with E-state index in [9.17, 15) is 4.79 Å². The van der Waals surface area contributed by atoms with Crippen molar-refractivity contribution >= 4 is 16.7 Å². The van der Waals surface area contributed by atoms with Crippen LogP contribution in [0.2, 0.25) is 0 Å². The largest absolute Gasteiger partial charge is 0.462 e. The molecule has 3 aromatic rings. The smallest absolute Gasteiger partial charge is 0.357 e. The van der Waals surface area contributed by atoms with Gasteiger partial charge in [-0.15, -0.1) is 0 Å². The minimum absolute atomic E-state index is 0.0819. The first-order chi connectivity index (χ1) is 15.3. The summed E-state index contributed by atoms with van der Waals surface area (Å²) >= 11 is 0. The van der Waals surface area contributed by atoms with Gasteiger partial charge in [-0.1, -0.05) is 42.5 Å². The summed E-state index contributed by atoms with van der Waals surface area (Å²) in [6.45, 7) is 4.71. The zero-order valence-corrected chi connectivity index (χ0v) is 19.7. The van der Waals surface area contributed by atoms with E-state index in [1.807, 2.05) is 94.3 Å². The second-order valence-electron chi connectivity index (χ2n) is 8.48. The minimum Gasteiger partial charge on any atom is -0.462 e. The molecule has 0 aliphatic heterocycles. The standard InChI is InChI=1S/C25H32N4O3/c1-17(28(3)4)15-31-24(30)23-22(14-26-25(27-23)32-16-18(2)29(5)6)21-13-9-11-19-10-7-8-12-20(19)21/h7-14,17-18H,15-16H2,1-6H3. The summed E-state index contributed by atoms with van der Waals surface area (Å²) < 4.78 is 11.4. The molecule has 0 spiro atoms. The summed E-state index contributed by atoms with van der Waals surface area (Å²) in [5, 5.41) is 2.09. The van der Waals surface area contributed by atoms with Gasteiger partial charge in [0.25, 0.3) is 0 Å². The number of carbonyl (C=O) groups is 1. The zero-order chi connectivity index (χ0) is 23.3. The Morgan fingerprint density at radius 1 is 0.906 bits per heavy atom. The number of aromatic nitrogens is 2. The van der Waals surface area contributed by atoms with Crippen LogP contribution >= 0.6 is 0 Å². The molecule has 0 amide bonds. The Labute approximate surface area is 190 Å². The number of benzene rings is 2. The van der Waals surface area contributed by atoms with Crippen LogP contribution in [-0.4, -0.2) is 79.2 Å². The highest BCUT2D eigenvalue weighted by Gasteiger charge is 2.21. The molecular formula is C25H32N4O3. The van der Waals surface area contributed by atoms with E-state index in [1.54, 1.807) is 6.20 Å². The first-order valence-corrected chi connectivity index (χ1v) is 10.8. The van der Waals surface area contributed by atoms with Crippen LogP contribution in [0.1, 0.15) is 24.3 Å². The summed E-state index contributed by atoms with van der Waals surface area (Å²) in [6.07, 6.45) is 1.65. The summed E-state index contributed by atoms with van der Waals surface area (Å²) in [4.78, 5) is 26.0. The maximum absolute atomic E-state index is 13.1. The van der Waals surface area contributed by atoms with Gasteiger partial charge in [0.15, 0.2) is 5.69 Å². The maximum atomic E-state index is 13.1. The van der Waals surface area contributed by atoms with E-state index < -0.39 is 5.97 Å². The van der Waals surface area contributed by atoms with E-state index in [0.29, 0.717) is 12.2 Å². The summed E-state index contributed by atoms with van der Waals surface area (Å²) in [6, 6.07) is 14.4. The topological polar surface area (TPSA) is 67.8 Å². The SMILES string of the molecule is CC(COC(=O)c1nc(OCC(C)N(C)C)ncc1-c1cccc2ccccc12)N(C)C. The number of hydrogen-bond donors (Lipinski definition) is 0. The van der Waals surface area contributed by atoms with Gasteiger partial charge < -0.3 is 19.3 Å². The van der Waals surface area contributed by atoms with E-state index >= 15 is 0 Å². The van der Waals surface area contributed by atoms with Crippen molar-refractivity contribution in [2.75, 3.05) is 41.4 Å². The van der Waals surface area contributed by atoms with Gasteiger partial charge in [0.05, 0.1) is 0 Å². The molecule has 0 N–H and O–H groups in total. The third kappa shape index (κ3) is 5.60. The lowest BCUT2D eigenvalue weighted by atomic mass is 9.98. The summed E-state index contributed by atoms with van der Waals surface area (Å²) in [7, 11) is 7.85. The molecule has 2 atom stereocenters. The van der Waals surface area contributed by atoms with Gasteiger partial charge in [-0.3, -0.25) is 0 Å². The second kappa shape index (κ2) is 10.5. The quantitative estimate of drug-likeness (QED) is 0.474. The van der Waals surface area contributed by atoms with Crippen molar-refractivity contribution in [1.29, 1.82) is 0 Å². The first-order valence-electron chi connectivity index (χ1n) is 10.8. The van der Waals surface area contributed by atoms with E-state index in [4.69, 9.17) is 9.47 Å². The normalized spacial score (nSPS) is 13.4. The molecule has 170 valence electrons. The average molecular weight is 437 g/mol. The molecule has 2 unspecified atom stereocenters. The van der Waals surface area contributed by atoms with Crippen LogP contribution in [-0.2, 0) is 4.74 Å². The third-order valence-corrected chi connectivity index (χ3v) is 5.71. The van der Waals surface area contributed by atoms with Gasteiger partial charge in [-0.2, -0.15) is 4.98 Å². The molecule has 0 fully saturated rings. The number of carbonyl (C=O) groups excluding carboxylic acids is 1. The molecule has 2 aromatic carbocycles. The first kappa shape index (κ1) is 23.6. The number of likely N-dealkylation sites (N-methyl/N-ethyl adjacent to an activating group) is 2. The van der Waals surface area contributed by atoms with Crippen molar-refractivity contribution in [3.63, 3.8) is 0 Å². The molecule has 7 nitrogen and oxygen atoms in total. The molecule has 7 heteroatoms. The molecule has 0 aliphatic rings. The predicted octanol–water partition coefficient (Wildman–Crippen LogP) is 3.73. The van der Waals surface area contributed by atoms with Gasteiger partial charge in [0, 0.05) is 23.8 Å². The average Bonchev–Trinajstić information content (AvgIpc) is 2.80. The minimum atomic E-state index is -0.491. The number of fused-ring (bicyclic) bond motifs is 1. The van der Waals surface area contributed by atoms with Gasteiger partial charge in [0.2, 0.25) is 0 Å². The highest BCUT2D eigenvalue weighted by atomic mass is 16.5. The van der Waals surface area contributed by atoms with E-state index in [1.165, 1.54) is 0 Å². The van der Waals surface area contributed by atoms with Crippen molar-refractivity contribution in [2.45, 2.75) is 25.9 Å². The molecule has 3 rings (SSSR count). The van der Waals surface area contributed by atoms with Crippen LogP contribution in [0.5, 0.6) is 6.01 Å². The Balaban J connectivity index is 1.99. The molecule has 0 bridgehead atoms. The monoisotopic (exact) mass is 436 g/mol. The van der Waals surface area contributed by atoms with Crippen LogP contribution in [0.15, 0.2) is 48.7 Å². The maximum Gasteiger partial charge on any atom is 0.357 e. The number of esters is 1. The highest BCUT2D eigenvalue weighted by molar-refractivity contribution is 6.02. The van der Waals surface area contributed by atoms with Crippen LogP contribution in [0.25, 0.3) is 21.9 Å². The van der Waals surface area contributed by atoms with Crippen molar-refractivity contribution in [3.05, 3.63) is 54.4 Å². The molecule has 0 saturated heterocycles. The summed E-state index contributed by atoms with van der Waals surface area (Å²) in [5.74, 6) is -0.491. The molecule has 0 radical (unpaired) electrons. The lowest BCUT2D eigenvalue weighted by Crippen LogP contribution is -2.31. The predicted molar refractivity (Wildman–Crippen MR) is 127 cm³/mol. The van der Waals surface area contributed by atoms with Crippen LogP contribution in [0.3, 0.4) is 0 Å². The van der Waals surface area contributed by atoms with Crippen LogP contribution in [0.4, 0.5) is 0 Å². The lowest BCUT2D eigenvalue weighted by molar-refractivity contribution is 0.0409. The fourth-order valence-electron chi connectivity index (χ4n) is 3.01. The molecule has 0 aliphatic carbocycles. The van der Waals surface area contributed by atoms with Gasteiger partial charge in [0.1, 0.15) is 13.2 Å². The van der Waals surface area contributed by atoms with Crippen molar-refractivity contribution < 1.29 is 14.3 Å². The third-order valence-electron chi connectivity index (χ3n) is 5.71. The fourth-order valence-corrected chi connectivity index (χ4v) is 3.01. The van der Waals surface area contributed by atoms with Crippen LogP contribution in [0, 0.1) is 0 Å². The molecule has 1 heterocycles. The number of rotatable bonds is 9. The van der Waals surface area contributed by atoms with Crippen LogP contribution < -0.4 is 4.74 Å². The Morgan fingerprint density at radius 3 is 2.28 bits per heavy atom. The van der Waals surface area contributed by atoms with Crippen molar-refractivity contribution in [2.24, 2.45) is 0 Å². The number of nitrogens with zero attached hydrogens (tertiary/aromatic N) is 4. The number of ether oxygens (including phenoxy) is 2. The van der Waals surface area contributed by atoms with E-state index in [-0.39, 0.29) is 30.4 Å². The lowest BCUT2D eigenvalue weighted by Gasteiger charge is -2.20.